The number of para-hydroxylation sites is 1. The van der Waals surface area contributed by atoms with Gasteiger partial charge in [-0.2, -0.15) is 0 Å². The van der Waals surface area contributed by atoms with E-state index in [0.29, 0.717) is 43.6 Å². The molecule has 8 heteroatoms. The minimum Gasteiger partial charge on any atom is -0.491 e. The number of amides is 1. The maximum Gasteiger partial charge on any atom is 0.240 e. The average molecular weight is 375 g/mol. The number of carbonyl (C=O) groups excluding carboxylic acids is 1. The maximum atomic E-state index is 12.2. The molecule has 1 aromatic rings. The summed E-state index contributed by atoms with van der Waals surface area (Å²) in [4.78, 5) is 16.0. The molecule has 1 saturated heterocycles. The standard InChI is InChI=1S/C16H23ClN2O4S/c1-13(24(2,21)22)16(20)19-9-7-18(8-10-19)11-12-23-15-6-4-3-5-14(15)17/h3-6,13H,7-12H2,1-2H3/t13-/m0/s1. The number of rotatable bonds is 6. The molecule has 0 N–H and O–H groups in total. The second-order valence-electron chi connectivity index (χ2n) is 5.92. The Morgan fingerprint density at radius 1 is 1.25 bits per heavy atom. The highest BCUT2D eigenvalue weighted by Crippen LogP contribution is 2.22. The molecule has 1 amide bonds. The molecule has 1 fully saturated rings. The number of sulfone groups is 1. The van der Waals surface area contributed by atoms with Crippen LogP contribution in [0.3, 0.4) is 0 Å². The van der Waals surface area contributed by atoms with E-state index in [0.717, 1.165) is 12.8 Å². The fourth-order valence-corrected chi connectivity index (χ4v) is 3.18. The number of hydrogen-bond donors (Lipinski definition) is 0. The summed E-state index contributed by atoms with van der Waals surface area (Å²) >= 11 is 6.03. The Bertz CT molecular complexity index is 672. The first kappa shape index (κ1) is 19.0. The second kappa shape index (κ2) is 8.18. The van der Waals surface area contributed by atoms with E-state index in [2.05, 4.69) is 4.90 Å². The van der Waals surface area contributed by atoms with Crippen molar-refractivity contribution in [3.8, 4) is 5.75 Å². The highest BCUT2D eigenvalue weighted by molar-refractivity contribution is 7.92. The molecule has 6 nitrogen and oxygen atoms in total. The van der Waals surface area contributed by atoms with Gasteiger partial charge in [0.2, 0.25) is 5.91 Å². The van der Waals surface area contributed by atoms with Gasteiger partial charge in [-0.3, -0.25) is 9.69 Å². The van der Waals surface area contributed by atoms with E-state index in [1.807, 2.05) is 18.2 Å². The Morgan fingerprint density at radius 2 is 1.88 bits per heavy atom. The van der Waals surface area contributed by atoms with Crippen molar-refractivity contribution in [1.29, 1.82) is 0 Å². The monoisotopic (exact) mass is 374 g/mol. The molecular formula is C16H23ClN2O4S. The fourth-order valence-electron chi connectivity index (χ4n) is 2.48. The van der Waals surface area contributed by atoms with Crippen molar-refractivity contribution in [1.82, 2.24) is 9.80 Å². The largest absolute Gasteiger partial charge is 0.491 e. The number of hydrogen-bond acceptors (Lipinski definition) is 5. The van der Waals surface area contributed by atoms with Gasteiger partial charge in [0.1, 0.15) is 17.6 Å². The first-order valence-corrected chi connectivity index (χ1v) is 10.2. The lowest BCUT2D eigenvalue weighted by Crippen LogP contribution is -2.52. The SMILES string of the molecule is C[C@@H](C(=O)N1CCN(CCOc2ccccc2Cl)CC1)S(C)(=O)=O. The zero-order valence-corrected chi connectivity index (χ0v) is 15.5. The molecular weight excluding hydrogens is 352 g/mol. The van der Waals surface area contributed by atoms with Gasteiger partial charge in [0.05, 0.1) is 5.02 Å². The molecule has 0 saturated carbocycles. The van der Waals surface area contributed by atoms with Gasteiger partial charge >= 0.3 is 0 Å². The van der Waals surface area contributed by atoms with E-state index in [-0.39, 0.29) is 5.91 Å². The average Bonchev–Trinajstić information content (AvgIpc) is 2.55. The highest BCUT2D eigenvalue weighted by Gasteiger charge is 2.30. The number of ether oxygens (including phenoxy) is 1. The maximum absolute atomic E-state index is 12.2. The van der Waals surface area contributed by atoms with Gasteiger partial charge in [-0.15, -0.1) is 0 Å². The molecule has 0 radical (unpaired) electrons. The quantitative estimate of drug-likeness (QED) is 0.750. The normalized spacial score (nSPS) is 17.5. The summed E-state index contributed by atoms with van der Waals surface area (Å²) in [7, 11) is -3.35. The Kier molecular flexibility index (Phi) is 6.48. The van der Waals surface area contributed by atoms with Crippen LogP contribution in [0.1, 0.15) is 6.92 Å². The number of piperazine rings is 1. The molecule has 24 heavy (non-hydrogen) atoms. The number of halogens is 1. The van der Waals surface area contributed by atoms with Crippen LogP contribution in [-0.2, 0) is 14.6 Å². The van der Waals surface area contributed by atoms with Crippen LogP contribution < -0.4 is 4.74 Å². The van der Waals surface area contributed by atoms with Crippen molar-refractivity contribution in [3.63, 3.8) is 0 Å². The molecule has 2 rings (SSSR count). The van der Waals surface area contributed by atoms with E-state index in [1.165, 1.54) is 6.92 Å². The number of benzene rings is 1. The minimum atomic E-state index is -3.35. The molecule has 1 atom stereocenters. The lowest BCUT2D eigenvalue weighted by molar-refractivity contribution is -0.132. The van der Waals surface area contributed by atoms with Crippen LogP contribution in [0.15, 0.2) is 24.3 Å². The van der Waals surface area contributed by atoms with Gasteiger partial charge in [0.15, 0.2) is 9.84 Å². The minimum absolute atomic E-state index is 0.315. The van der Waals surface area contributed by atoms with E-state index in [4.69, 9.17) is 16.3 Å². The first-order valence-electron chi connectivity index (χ1n) is 7.86. The van der Waals surface area contributed by atoms with Crippen molar-refractivity contribution in [2.75, 3.05) is 45.6 Å². The Balaban J connectivity index is 1.75. The highest BCUT2D eigenvalue weighted by atomic mass is 35.5. The van der Waals surface area contributed by atoms with E-state index < -0.39 is 15.1 Å². The molecule has 0 unspecified atom stereocenters. The molecule has 1 aliphatic heterocycles. The lowest BCUT2D eigenvalue weighted by Gasteiger charge is -2.35. The summed E-state index contributed by atoms with van der Waals surface area (Å²) in [6.45, 7) is 5.16. The lowest BCUT2D eigenvalue weighted by atomic mass is 10.3. The van der Waals surface area contributed by atoms with Gasteiger partial charge < -0.3 is 9.64 Å². The predicted molar refractivity (Wildman–Crippen MR) is 94.3 cm³/mol. The smallest absolute Gasteiger partial charge is 0.240 e. The summed E-state index contributed by atoms with van der Waals surface area (Å²) < 4.78 is 28.7. The van der Waals surface area contributed by atoms with Crippen molar-refractivity contribution >= 4 is 27.3 Å². The molecule has 1 aromatic carbocycles. The summed E-state index contributed by atoms with van der Waals surface area (Å²) in [5, 5.41) is -0.393. The zero-order valence-electron chi connectivity index (χ0n) is 13.9. The third-order valence-electron chi connectivity index (χ3n) is 4.18. The van der Waals surface area contributed by atoms with Crippen LogP contribution in [0.25, 0.3) is 0 Å². The topological polar surface area (TPSA) is 66.9 Å². The van der Waals surface area contributed by atoms with Gasteiger partial charge in [-0.25, -0.2) is 8.42 Å². The Morgan fingerprint density at radius 3 is 2.46 bits per heavy atom. The van der Waals surface area contributed by atoms with Crippen LogP contribution in [0.2, 0.25) is 5.02 Å². The van der Waals surface area contributed by atoms with Crippen LogP contribution in [0, 0.1) is 0 Å². The molecule has 1 heterocycles. The van der Waals surface area contributed by atoms with Crippen LogP contribution >= 0.6 is 11.6 Å². The Labute approximate surface area is 148 Å². The Hall–Kier alpha value is -1.31. The summed E-state index contributed by atoms with van der Waals surface area (Å²) in [6, 6.07) is 7.33. The van der Waals surface area contributed by atoms with E-state index in [9.17, 15) is 13.2 Å². The number of nitrogens with zero attached hydrogens (tertiary/aromatic N) is 2. The van der Waals surface area contributed by atoms with Crippen molar-refractivity contribution < 1.29 is 17.9 Å². The van der Waals surface area contributed by atoms with Crippen LogP contribution in [0.4, 0.5) is 0 Å². The van der Waals surface area contributed by atoms with Gasteiger partial charge in [0, 0.05) is 39.0 Å². The third-order valence-corrected chi connectivity index (χ3v) is 5.97. The molecule has 1 aliphatic rings. The van der Waals surface area contributed by atoms with Crippen molar-refractivity contribution in [2.45, 2.75) is 12.2 Å². The molecule has 0 aromatic heterocycles. The zero-order chi connectivity index (χ0) is 17.7. The molecule has 134 valence electrons. The molecule has 0 spiro atoms. The summed E-state index contributed by atoms with van der Waals surface area (Å²) in [6.07, 6.45) is 1.10. The predicted octanol–water partition coefficient (Wildman–Crippen LogP) is 1.30. The summed E-state index contributed by atoms with van der Waals surface area (Å²) in [5.41, 5.74) is 0. The van der Waals surface area contributed by atoms with Crippen molar-refractivity contribution in [2.24, 2.45) is 0 Å². The van der Waals surface area contributed by atoms with Gasteiger partial charge in [-0.05, 0) is 19.1 Å². The first-order chi connectivity index (χ1) is 11.3. The third kappa shape index (κ3) is 5.09. The molecule has 0 bridgehead atoms. The van der Waals surface area contributed by atoms with Crippen LogP contribution in [0.5, 0.6) is 5.75 Å². The van der Waals surface area contributed by atoms with Crippen LogP contribution in [-0.4, -0.2) is 75.0 Å². The second-order valence-corrected chi connectivity index (χ2v) is 8.69. The van der Waals surface area contributed by atoms with Crippen molar-refractivity contribution in [3.05, 3.63) is 29.3 Å². The van der Waals surface area contributed by atoms with E-state index in [1.54, 1.807) is 11.0 Å². The van der Waals surface area contributed by atoms with Gasteiger partial charge in [-0.1, -0.05) is 23.7 Å². The van der Waals surface area contributed by atoms with E-state index >= 15 is 0 Å². The summed E-state index contributed by atoms with van der Waals surface area (Å²) in [5.74, 6) is 0.347. The number of carbonyl (C=O) groups is 1. The van der Waals surface area contributed by atoms with Gasteiger partial charge in [0.25, 0.3) is 0 Å². The molecule has 0 aliphatic carbocycles. The fraction of sp³-hybridized carbons (Fsp3) is 0.562.